The van der Waals surface area contributed by atoms with Crippen molar-refractivity contribution in [3.8, 4) is 0 Å². The van der Waals surface area contributed by atoms with Gasteiger partial charge in [0.25, 0.3) is 0 Å². The van der Waals surface area contributed by atoms with Crippen LogP contribution < -0.4 is 10.7 Å². The number of carbonyl (C=O) groups excluding carboxylic acids is 1. The number of hydrogen-bond donors (Lipinski definition) is 1. The van der Waals surface area contributed by atoms with Gasteiger partial charge in [-0.15, -0.1) is 0 Å². The minimum atomic E-state index is -0.0425. The van der Waals surface area contributed by atoms with Gasteiger partial charge in [0.1, 0.15) is 12.4 Å². The standard InChI is InChI=1S/C19H20N4O2/c1-13-10-23-11-14(6-7-18(23)20-13)21-19(25)12-22-9-8-17(24)15-4-2-3-5-16(15)22/h2-5,8-10,14H,6-7,11-12H2,1H3,(H,21,25)/t14-/m0/s1. The van der Waals surface area contributed by atoms with Crippen LogP contribution in [0.25, 0.3) is 10.9 Å². The van der Waals surface area contributed by atoms with Crippen LogP contribution in [0.3, 0.4) is 0 Å². The van der Waals surface area contributed by atoms with Crippen LogP contribution in [0.4, 0.5) is 0 Å². The molecule has 25 heavy (non-hydrogen) atoms. The molecule has 1 aliphatic heterocycles. The number of nitrogens with one attached hydrogen (secondary N) is 1. The third-order valence-electron chi connectivity index (χ3n) is 4.68. The molecular formula is C19H20N4O2. The molecule has 0 spiro atoms. The molecule has 128 valence electrons. The minimum Gasteiger partial charge on any atom is -0.350 e. The largest absolute Gasteiger partial charge is 0.350 e. The summed E-state index contributed by atoms with van der Waals surface area (Å²) in [7, 11) is 0. The molecule has 6 heteroatoms. The Morgan fingerprint density at radius 3 is 3.04 bits per heavy atom. The first-order valence-corrected chi connectivity index (χ1v) is 8.50. The first-order chi connectivity index (χ1) is 12.1. The van der Waals surface area contributed by atoms with Crippen molar-refractivity contribution in [3.63, 3.8) is 0 Å². The van der Waals surface area contributed by atoms with Crippen molar-refractivity contribution >= 4 is 16.8 Å². The number of fused-ring (bicyclic) bond motifs is 2. The van der Waals surface area contributed by atoms with Gasteiger partial charge in [0.2, 0.25) is 5.91 Å². The summed E-state index contributed by atoms with van der Waals surface area (Å²) < 4.78 is 3.94. The summed E-state index contributed by atoms with van der Waals surface area (Å²) in [5.41, 5.74) is 1.77. The molecular weight excluding hydrogens is 316 g/mol. The van der Waals surface area contributed by atoms with E-state index in [0.717, 1.165) is 36.4 Å². The number of pyridine rings is 1. The van der Waals surface area contributed by atoms with E-state index in [2.05, 4.69) is 14.9 Å². The number of aryl methyl sites for hydroxylation is 2. The third kappa shape index (κ3) is 3.07. The van der Waals surface area contributed by atoms with E-state index in [4.69, 9.17) is 0 Å². The fourth-order valence-electron chi connectivity index (χ4n) is 3.53. The van der Waals surface area contributed by atoms with Gasteiger partial charge in [-0.25, -0.2) is 4.98 Å². The summed E-state index contributed by atoms with van der Waals surface area (Å²) in [6, 6.07) is 8.98. The van der Waals surface area contributed by atoms with Crippen molar-refractivity contribution in [1.29, 1.82) is 0 Å². The summed E-state index contributed by atoms with van der Waals surface area (Å²) in [5, 5.41) is 3.74. The second-order valence-corrected chi connectivity index (χ2v) is 6.58. The smallest absolute Gasteiger partial charge is 0.240 e. The maximum atomic E-state index is 12.5. The Hall–Kier alpha value is -2.89. The Morgan fingerprint density at radius 1 is 1.32 bits per heavy atom. The Balaban J connectivity index is 1.48. The zero-order chi connectivity index (χ0) is 17.4. The lowest BCUT2D eigenvalue weighted by atomic mass is 10.1. The summed E-state index contributed by atoms with van der Waals surface area (Å²) in [4.78, 5) is 28.9. The van der Waals surface area contributed by atoms with E-state index in [-0.39, 0.29) is 23.9 Å². The van der Waals surface area contributed by atoms with Crippen LogP contribution >= 0.6 is 0 Å². The lowest BCUT2D eigenvalue weighted by molar-refractivity contribution is -0.122. The summed E-state index contributed by atoms with van der Waals surface area (Å²) >= 11 is 0. The molecule has 1 aliphatic rings. The third-order valence-corrected chi connectivity index (χ3v) is 4.68. The van der Waals surface area contributed by atoms with Gasteiger partial charge >= 0.3 is 0 Å². The van der Waals surface area contributed by atoms with Crippen LogP contribution in [0.5, 0.6) is 0 Å². The monoisotopic (exact) mass is 336 g/mol. The van der Waals surface area contributed by atoms with E-state index in [1.807, 2.05) is 35.9 Å². The number of amides is 1. The highest BCUT2D eigenvalue weighted by Crippen LogP contribution is 2.15. The van der Waals surface area contributed by atoms with Crippen LogP contribution in [0.2, 0.25) is 0 Å². The topological polar surface area (TPSA) is 68.9 Å². The minimum absolute atomic E-state index is 0.0254. The molecule has 6 nitrogen and oxygen atoms in total. The molecule has 1 N–H and O–H groups in total. The lowest BCUT2D eigenvalue weighted by Crippen LogP contribution is -2.42. The molecule has 0 aliphatic carbocycles. The van der Waals surface area contributed by atoms with Crippen LogP contribution in [0.15, 0.2) is 47.5 Å². The van der Waals surface area contributed by atoms with E-state index in [1.165, 1.54) is 6.07 Å². The number of hydrogen-bond acceptors (Lipinski definition) is 3. The maximum absolute atomic E-state index is 12.5. The lowest BCUT2D eigenvalue weighted by Gasteiger charge is -2.25. The first kappa shape index (κ1) is 15.6. The number of carbonyl (C=O) groups is 1. The van der Waals surface area contributed by atoms with E-state index < -0.39 is 0 Å². The van der Waals surface area contributed by atoms with Gasteiger partial charge in [-0.3, -0.25) is 9.59 Å². The Bertz CT molecular complexity index is 1000. The average Bonchev–Trinajstić information content (AvgIpc) is 2.97. The number of aromatic nitrogens is 3. The average molecular weight is 336 g/mol. The van der Waals surface area contributed by atoms with E-state index in [1.54, 1.807) is 12.3 Å². The van der Waals surface area contributed by atoms with Crippen molar-refractivity contribution in [2.45, 2.75) is 38.9 Å². The van der Waals surface area contributed by atoms with Gasteiger partial charge in [-0.05, 0) is 25.5 Å². The zero-order valence-electron chi connectivity index (χ0n) is 14.1. The molecule has 3 heterocycles. The van der Waals surface area contributed by atoms with Crippen molar-refractivity contribution < 1.29 is 4.79 Å². The number of benzene rings is 1. The van der Waals surface area contributed by atoms with E-state index >= 15 is 0 Å². The molecule has 4 rings (SSSR count). The Kier molecular flexibility index (Phi) is 3.87. The highest BCUT2D eigenvalue weighted by atomic mass is 16.2. The number of imidazole rings is 1. The van der Waals surface area contributed by atoms with Gasteiger partial charge in [-0.2, -0.15) is 0 Å². The molecule has 0 fully saturated rings. The molecule has 0 saturated heterocycles. The van der Waals surface area contributed by atoms with Crippen LogP contribution in [0, 0.1) is 6.92 Å². The summed E-state index contributed by atoms with van der Waals surface area (Å²) in [6.07, 6.45) is 5.48. The van der Waals surface area contributed by atoms with Gasteiger partial charge in [0.15, 0.2) is 5.43 Å². The summed E-state index contributed by atoms with van der Waals surface area (Å²) in [5.74, 6) is 1.05. The Morgan fingerprint density at radius 2 is 2.16 bits per heavy atom. The number of para-hydroxylation sites is 1. The van der Waals surface area contributed by atoms with Gasteiger partial charge in [0.05, 0.1) is 11.2 Å². The molecule has 1 atom stereocenters. The molecule has 0 unspecified atom stereocenters. The predicted octanol–water partition coefficient (Wildman–Crippen LogP) is 1.64. The van der Waals surface area contributed by atoms with Crippen molar-refractivity contribution in [3.05, 3.63) is 64.5 Å². The van der Waals surface area contributed by atoms with Crippen molar-refractivity contribution in [1.82, 2.24) is 19.4 Å². The fourth-order valence-corrected chi connectivity index (χ4v) is 3.53. The Labute approximate surface area is 145 Å². The van der Waals surface area contributed by atoms with E-state index in [9.17, 15) is 9.59 Å². The molecule has 0 radical (unpaired) electrons. The molecule has 2 aromatic heterocycles. The van der Waals surface area contributed by atoms with Crippen molar-refractivity contribution in [2.75, 3.05) is 0 Å². The van der Waals surface area contributed by atoms with Crippen molar-refractivity contribution in [2.24, 2.45) is 0 Å². The normalized spacial score (nSPS) is 16.6. The van der Waals surface area contributed by atoms with Crippen LogP contribution in [-0.4, -0.2) is 26.1 Å². The van der Waals surface area contributed by atoms with Crippen LogP contribution in [-0.2, 0) is 24.3 Å². The quantitative estimate of drug-likeness (QED) is 0.790. The molecule has 1 amide bonds. The van der Waals surface area contributed by atoms with Gasteiger partial charge in [0, 0.05) is 42.9 Å². The predicted molar refractivity (Wildman–Crippen MR) is 95.4 cm³/mol. The SMILES string of the molecule is Cc1cn2c(n1)CC[C@H](NC(=O)Cn1ccc(=O)c3ccccc31)C2. The molecule has 1 aromatic carbocycles. The van der Waals surface area contributed by atoms with Gasteiger partial charge < -0.3 is 14.5 Å². The molecule has 0 saturated carbocycles. The van der Waals surface area contributed by atoms with E-state index in [0.29, 0.717) is 5.39 Å². The first-order valence-electron chi connectivity index (χ1n) is 8.50. The number of nitrogens with zero attached hydrogens (tertiary/aromatic N) is 3. The highest BCUT2D eigenvalue weighted by molar-refractivity contribution is 5.82. The molecule has 0 bridgehead atoms. The maximum Gasteiger partial charge on any atom is 0.240 e. The fraction of sp³-hybridized carbons (Fsp3) is 0.316. The van der Waals surface area contributed by atoms with Gasteiger partial charge in [-0.1, -0.05) is 12.1 Å². The summed E-state index contributed by atoms with van der Waals surface area (Å²) in [6.45, 7) is 2.94. The zero-order valence-corrected chi connectivity index (χ0v) is 14.1. The highest BCUT2D eigenvalue weighted by Gasteiger charge is 2.21. The second-order valence-electron chi connectivity index (χ2n) is 6.58. The molecule has 3 aromatic rings. The second kappa shape index (κ2) is 6.20. The van der Waals surface area contributed by atoms with Crippen LogP contribution in [0.1, 0.15) is 17.9 Å². The number of rotatable bonds is 3.